The van der Waals surface area contributed by atoms with Crippen LogP contribution in [0, 0.1) is 0 Å². The number of hydrogen-bond acceptors (Lipinski definition) is 4. The van der Waals surface area contributed by atoms with Gasteiger partial charge in [-0.3, -0.25) is 4.79 Å². The standard InChI is InChI=1S/C22H21N3O4/c1-22-19-16(17-12-15(29-3)8-9-18(17)23-19)10-11-24(22)21(27)25(20(22)26)13-4-6-14(28-2)7-5-13/h4-9,12,23H,10-11H2,1-3H3/t22-/m0/s1. The zero-order valence-corrected chi connectivity index (χ0v) is 16.5. The second-order valence-corrected chi connectivity index (χ2v) is 7.49. The molecule has 1 aromatic heterocycles. The first-order chi connectivity index (χ1) is 14.0. The molecule has 2 aliphatic heterocycles. The van der Waals surface area contributed by atoms with Crippen LogP contribution in [0.4, 0.5) is 10.5 Å². The Labute approximate surface area is 167 Å². The number of urea groups is 1. The van der Waals surface area contributed by atoms with Gasteiger partial charge < -0.3 is 19.4 Å². The van der Waals surface area contributed by atoms with Crippen molar-refractivity contribution < 1.29 is 19.1 Å². The summed E-state index contributed by atoms with van der Waals surface area (Å²) < 4.78 is 10.5. The molecule has 0 radical (unpaired) electrons. The lowest BCUT2D eigenvalue weighted by Gasteiger charge is -2.35. The highest BCUT2D eigenvalue weighted by Gasteiger charge is 2.59. The number of rotatable bonds is 3. The van der Waals surface area contributed by atoms with Gasteiger partial charge in [-0.2, -0.15) is 0 Å². The Bertz CT molecular complexity index is 1150. The van der Waals surface area contributed by atoms with E-state index < -0.39 is 5.54 Å². The fourth-order valence-corrected chi connectivity index (χ4v) is 4.50. The third-order valence-electron chi connectivity index (χ3n) is 6.10. The molecular formula is C22H21N3O4. The van der Waals surface area contributed by atoms with E-state index in [-0.39, 0.29) is 11.9 Å². The van der Waals surface area contributed by atoms with Crippen molar-refractivity contribution in [1.29, 1.82) is 0 Å². The van der Waals surface area contributed by atoms with Gasteiger partial charge in [0.1, 0.15) is 11.5 Å². The molecule has 1 fully saturated rings. The lowest BCUT2D eigenvalue weighted by atomic mass is 9.87. The zero-order chi connectivity index (χ0) is 20.3. The average molecular weight is 391 g/mol. The van der Waals surface area contributed by atoms with Crippen molar-refractivity contribution in [2.75, 3.05) is 25.7 Å². The molecule has 0 bridgehead atoms. The number of nitrogens with zero attached hydrogens (tertiary/aromatic N) is 2. The molecule has 3 heterocycles. The second-order valence-electron chi connectivity index (χ2n) is 7.49. The highest BCUT2D eigenvalue weighted by atomic mass is 16.5. The van der Waals surface area contributed by atoms with Gasteiger partial charge in [0.15, 0.2) is 5.54 Å². The molecule has 7 heteroatoms. The zero-order valence-electron chi connectivity index (χ0n) is 16.5. The van der Waals surface area contributed by atoms with Gasteiger partial charge in [0.25, 0.3) is 5.91 Å². The first-order valence-electron chi connectivity index (χ1n) is 9.48. The summed E-state index contributed by atoms with van der Waals surface area (Å²) in [6.45, 7) is 2.30. The van der Waals surface area contributed by atoms with E-state index >= 15 is 0 Å². The number of H-pyrrole nitrogens is 1. The first-order valence-corrected chi connectivity index (χ1v) is 9.48. The monoisotopic (exact) mass is 391 g/mol. The summed E-state index contributed by atoms with van der Waals surface area (Å²) in [4.78, 5) is 33.1. The van der Waals surface area contributed by atoms with Crippen LogP contribution < -0.4 is 14.4 Å². The van der Waals surface area contributed by atoms with E-state index in [1.54, 1.807) is 43.4 Å². The van der Waals surface area contributed by atoms with Gasteiger partial charge >= 0.3 is 6.03 Å². The SMILES string of the molecule is COc1ccc(N2C(=O)N3CCc4c([nH]c5ccc(OC)cc45)[C@@]3(C)C2=O)cc1. The fourth-order valence-electron chi connectivity index (χ4n) is 4.50. The Morgan fingerprint density at radius 1 is 1.00 bits per heavy atom. The van der Waals surface area contributed by atoms with E-state index in [2.05, 4.69) is 4.98 Å². The number of aromatic amines is 1. The molecule has 7 nitrogen and oxygen atoms in total. The minimum Gasteiger partial charge on any atom is -0.497 e. The Morgan fingerprint density at radius 2 is 1.69 bits per heavy atom. The van der Waals surface area contributed by atoms with Crippen LogP contribution in [0.5, 0.6) is 11.5 Å². The molecule has 5 rings (SSSR count). The van der Waals surface area contributed by atoms with Gasteiger partial charge in [-0.1, -0.05) is 0 Å². The molecule has 0 saturated carbocycles. The molecular weight excluding hydrogens is 370 g/mol. The van der Waals surface area contributed by atoms with Gasteiger partial charge in [-0.25, -0.2) is 9.69 Å². The summed E-state index contributed by atoms with van der Waals surface area (Å²) in [6, 6.07) is 12.5. The van der Waals surface area contributed by atoms with Crippen LogP contribution >= 0.6 is 0 Å². The van der Waals surface area contributed by atoms with E-state index in [1.165, 1.54) is 4.90 Å². The van der Waals surface area contributed by atoms with E-state index in [0.29, 0.717) is 24.4 Å². The Kier molecular flexibility index (Phi) is 3.65. The number of benzene rings is 2. The molecule has 148 valence electrons. The van der Waals surface area contributed by atoms with Crippen LogP contribution in [-0.2, 0) is 16.8 Å². The van der Waals surface area contributed by atoms with Crippen LogP contribution in [0.3, 0.4) is 0 Å². The number of fused-ring (bicyclic) bond motifs is 5. The van der Waals surface area contributed by atoms with Crippen LogP contribution in [0.15, 0.2) is 42.5 Å². The summed E-state index contributed by atoms with van der Waals surface area (Å²) in [7, 11) is 3.21. The van der Waals surface area contributed by atoms with Crippen molar-refractivity contribution in [2.45, 2.75) is 18.9 Å². The summed E-state index contributed by atoms with van der Waals surface area (Å²) in [5.41, 5.74) is 2.24. The third-order valence-corrected chi connectivity index (χ3v) is 6.10. The van der Waals surface area contributed by atoms with Crippen LogP contribution in [0.2, 0.25) is 0 Å². The highest BCUT2D eigenvalue weighted by molar-refractivity contribution is 6.23. The lowest BCUT2D eigenvalue weighted by molar-refractivity contribution is -0.125. The molecule has 3 amide bonds. The van der Waals surface area contributed by atoms with Crippen LogP contribution in [0.1, 0.15) is 18.2 Å². The predicted molar refractivity (Wildman–Crippen MR) is 108 cm³/mol. The number of aromatic nitrogens is 1. The maximum atomic E-state index is 13.6. The second kappa shape index (κ2) is 6.01. The Balaban J connectivity index is 1.64. The molecule has 0 unspecified atom stereocenters. The van der Waals surface area contributed by atoms with Gasteiger partial charge in [-0.15, -0.1) is 0 Å². The molecule has 2 aromatic carbocycles. The maximum absolute atomic E-state index is 13.6. The van der Waals surface area contributed by atoms with Crippen molar-refractivity contribution >= 4 is 28.5 Å². The maximum Gasteiger partial charge on any atom is 0.332 e. The summed E-state index contributed by atoms with van der Waals surface area (Å²) in [5, 5.41) is 1.03. The number of amides is 3. The summed E-state index contributed by atoms with van der Waals surface area (Å²) >= 11 is 0. The number of imide groups is 1. The minimum absolute atomic E-state index is 0.257. The smallest absolute Gasteiger partial charge is 0.332 e. The molecule has 29 heavy (non-hydrogen) atoms. The molecule has 0 spiro atoms. The van der Waals surface area contributed by atoms with Crippen molar-refractivity contribution in [3.63, 3.8) is 0 Å². The number of carbonyl (C=O) groups is 2. The molecule has 1 N–H and O–H groups in total. The lowest BCUT2D eigenvalue weighted by Crippen LogP contribution is -2.49. The van der Waals surface area contributed by atoms with E-state index in [1.807, 2.05) is 25.1 Å². The summed E-state index contributed by atoms with van der Waals surface area (Å²) in [6.07, 6.45) is 0.674. The molecule has 0 aliphatic carbocycles. The molecule has 2 aliphatic rings. The normalized spacial score (nSPS) is 20.8. The fraction of sp³-hybridized carbons (Fsp3) is 0.273. The Hall–Kier alpha value is -3.48. The predicted octanol–water partition coefficient (Wildman–Crippen LogP) is 3.43. The number of hydrogen-bond donors (Lipinski definition) is 1. The van der Waals surface area contributed by atoms with E-state index in [0.717, 1.165) is 27.9 Å². The van der Waals surface area contributed by atoms with E-state index in [4.69, 9.17) is 9.47 Å². The quantitative estimate of drug-likeness (QED) is 0.694. The first kappa shape index (κ1) is 17.6. The molecule has 1 saturated heterocycles. The van der Waals surface area contributed by atoms with Gasteiger partial charge in [0, 0.05) is 17.4 Å². The number of nitrogens with one attached hydrogen (secondary N) is 1. The number of carbonyl (C=O) groups excluding carboxylic acids is 2. The highest BCUT2D eigenvalue weighted by Crippen LogP contribution is 2.45. The van der Waals surface area contributed by atoms with Crippen molar-refractivity contribution in [2.24, 2.45) is 0 Å². The topological polar surface area (TPSA) is 74.9 Å². The van der Waals surface area contributed by atoms with E-state index in [9.17, 15) is 9.59 Å². The van der Waals surface area contributed by atoms with Crippen LogP contribution in [0.25, 0.3) is 10.9 Å². The minimum atomic E-state index is -1.07. The molecule has 1 atom stereocenters. The van der Waals surface area contributed by atoms with Gasteiger partial charge in [0.2, 0.25) is 0 Å². The molecule has 3 aromatic rings. The van der Waals surface area contributed by atoms with Crippen LogP contribution in [-0.4, -0.2) is 42.6 Å². The Morgan fingerprint density at radius 3 is 2.38 bits per heavy atom. The van der Waals surface area contributed by atoms with Gasteiger partial charge in [-0.05, 0) is 61.4 Å². The van der Waals surface area contributed by atoms with Crippen molar-refractivity contribution in [3.05, 3.63) is 53.7 Å². The van der Waals surface area contributed by atoms with Crippen molar-refractivity contribution in [3.8, 4) is 11.5 Å². The largest absolute Gasteiger partial charge is 0.497 e. The average Bonchev–Trinajstić information content (AvgIpc) is 3.21. The summed E-state index contributed by atoms with van der Waals surface area (Å²) in [5.74, 6) is 1.18. The number of methoxy groups -OCH3 is 2. The van der Waals surface area contributed by atoms with Gasteiger partial charge in [0.05, 0.1) is 25.6 Å². The third kappa shape index (κ3) is 2.24. The number of ether oxygens (including phenoxy) is 2. The van der Waals surface area contributed by atoms with Crippen molar-refractivity contribution in [1.82, 2.24) is 9.88 Å². The number of anilines is 1.